The number of nitro benzene ring substituents is 1. The Hall–Kier alpha value is -2.15. The number of unbranched alkanes of at least 4 members (excludes halogenated alkanes) is 1. The van der Waals surface area contributed by atoms with Gasteiger partial charge >= 0.3 is 0 Å². The van der Waals surface area contributed by atoms with Crippen LogP contribution in [0.15, 0.2) is 18.2 Å². The number of ether oxygens (including phenoxy) is 1. The van der Waals surface area contributed by atoms with Gasteiger partial charge in [0, 0.05) is 18.7 Å². The monoisotopic (exact) mass is 265 g/mol. The summed E-state index contributed by atoms with van der Waals surface area (Å²) in [5.74, 6) is 0.308. The molecule has 0 bridgehead atoms. The summed E-state index contributed by atoms with van der Waals surface area (Å²) >= 11 is 0. The second kappa shape index (κ2) is 5.66. The highest BCUT2D eigenvalue weighted by Gasteiger charge is 2.26. The molecule has 0 saturated carbocycles. The van der Waals surface area contributed by atoms with Crippen molar-refractivity contribution in [3.8, 4) is 5.75 Å². The predicted octanol–water partition coefficient (Wildman–Crippen LogP) is 1.06. The molecule has 1 amide bonds. The zero-order valence-corrected chi connectivity index (χ0v) is 10.4. The SMILES string of the molecule is NCCCCN1C(=O)COc2ccc([N+](=O)[O-])cc21. The molecule has 102 valence electrons. The highest BCUT2D eigenvalue weighted by molar-refractivity contribution is 5.98. The summed E-state index contributed by atoms with van der Waals surface area (Å²) in [4.78, 5) is 23.7. The van der Waals surface area contributed by atoms with Gasteiger partial charge in [-0.3, -0.25) is 14.9 Å². The highest BCUT2D eigenvalue weighted by atomic mass is 16.6. The summed E-state index contributed by atoms with van der Waals surface area (Å²) in [5.41, 5.74) is 5.83. The lowest BCUT2D eigenvalue weighted by Gasteiger charge is -2.29. The van der Waals surface area contributed by atoms with Crippen LogP contribution < -0.4 is 15.4 Å². The molecular formula is C12H15N3O4. The molecule has 0 unspecified atom stereocenters. The average molecular weight is 265 g/mol. The summed E-state index contributed by atoms with van der Waals surface area (Å²) in [6, 6.07) is 4.26. The van der Waals surface area contributed by atoms with E-state index in [1.807, 2.05) is 0 Å². The molecule has 1 aromatic rings. The van der Waals surface area contributed by atoms with Crippen molar-refractivity contribution in [2.24, 2.45) is 5.73 Å². The molecule has 0 fully saturated rings. The van der Waals surface area contributed by atoms with Crippen LogP contribution in [-0.4, -0.2) is 30.5 Å². The first-order valence-electron chi connectivity index (χ1n) is 6.05. The van der Waals surface area contributed by atoms with Gasteiger partial charge in [-0.05, 0) is 25.5 Å². The largest absolute Gasteiger partial charge is 0.482 e. The molecule has 2 N–H and O–H groups in total. The maximum absolute atomic E-state index is 11.8. The summed E-state index contributed by atoms with van der Waals surface area (Å²) in [5, 5.41) is 10.8. The molecule has 0 aliphatic carbocycles. The normalized spacial score (nSPS) is 13.9. The number of non-ortho nitro benzene ring substituents is 1. The second-order valence-electron chi connectivity index (χ2n) is 4.24. The Labute approximate surface area is 110 Å². The Morgan fingerprint density at radius 1 is 1.42 bits per heavy atom. The molecule has 2 rings (SSSR count). The quantitative estimate of drug-likeness (QED) is 0.487. The van der Waals surface area contributed by atoms with Crippen LogP contribution in [-0.2, 0) is 4.79 Å². The number of benzene rings is 1. The van der Waals surface area contributed by atoms with Gasteiger partial charge in [-0.15, -0.1) is 0 Å². The molecule has 0 radical (unpaired) electrons. The second-order valence-corrected chi connectivity index (χ2v) is 4.24. The number of nitrogens with zero attached hydrogens (tertiary/aromatic N) is 2. The number of rotatable bonds is 5. The summed E-state index contributed by atoms with van der Waals surface area (Å²) in [6.45, 7) is 1.02. The van der Waals surface area contributed by atoms with Crippen LogP contribution in [0, 0.1) is 10.1 Å². The zero-order chi connectivity index (χ0) is 13.8. The Balaban J connectivity index is 2.27. The van der Waals surface area contributed by atoms with Gasteiger partial charge < -0.3 is 15.4 Å². The first-order valence-corrected chi connectivity index (χ1v) is 6.05. The van der Waals surface area contributed by atoms with Gasteiger partial charge in [0.2, 0.25) is 0 Å². The first kappa shape index (κ1) is 13.3. The zero-order valence-electron chi connectivity index (χ0n) is 10.4. The molecule has 0 saturated heterocycles. The van der Waals surface area contributed by atoms with Crippen LogP contribution in [0.3, 0.4) is 0 Å². The Morgan fingerprint density at radius 2 is 2.21 bits per heavy atom. The summed E-state index contributed by atoms with van der Waals surface area (Å²) < 4.78 is 5.27. The molecule has 1 aliphatic heterocycles. The van der Waals surface area contributed by atoms with E-state index >= 15 is 0 Å². The van der Waals surface area contributed by atoms with Crippen LogP contribution in [0.4, 0.5) is 11.4 Å². The molecule has 1 aromatic carbocycles. The molecule has 7 nitrogen and oxygen atoms in total. The van der Waals surface area contributed by atoms with Gasteiger partial charge in [0.1, 0.15) is 5.75 Å². The maximum Gasteiger partial charge on any atom is 0.271 e. The van der Waals surface area contributed by atoms with Crippen LogP contribution in [0.25, 0.3) is 0 Å². The average Bonchev–Trinajstić information content (AvgIpc) is 2.40. The van der Waals surface area contributed by atoms with E-state index in [0.29, 0.717) is 24.5 Å². The number of anilines is 1. The number of fused-ring (bicyclic) bond motifs is 1. The Morgan fingerprint density at radius 3 is 2.89 bits per heavy atom. The van der Waals surface area contributed by atoms with Crippen molar-refractivity contribution in [1.82, 2.24) is 0 Å². The topological polar surface area (TPSA) is 98.7 Å². The number of amides is 1. The fourth-order valence-electron chi connectivity index (χ4n) is 1.96. The van der Waals surface area contributed by atoms with E-state index < -0.39 is 4.92 Å². The van der Waals surface area contributed by atoms with Crippen molar-refractivity contribution in [3.05, 3.63) is 28.3 Å². The molecule has 1 heterocycles. The van der Waals surface area contributed by atoms with Crippen molar-refractivity contribution in [3.63, 3.8) is 0 Å². The number of carbonyl (C=O) groups excluding carboxylic acids is 1. The van der Waals surface area contributed by atoms with Crippen molar-refractivity contribution in [1.29, 1.82) is 0 Å². The third-order valence-corrected chi connectivity index (χ3v) is 2.93. The van der Waals surface area contributed by atoms with Gasteiger partial charge in [0.15, 0.2) is 6.61 Å². The minimum Gasteiger partial charge on any atom is -0.482 e. The summed E-state index contributed by atoms with van der Waals surface area (Å²) in [7, 11) is 0. The minimum absolute atomic E-state index is 0.0343. The number of hydrogen-bond donors (Lipinski definition) is 1. The molecule has 19 heavy (non-hydrogen) atoms. The highest BCUT2D eigenvalue weighted by Crippen LogP contribution is 2.35. The summed E-state index contributed by atoms with van der Waals surface area (Å²) in [6.07, 6.45) is 1.55. The van der Waals surface area contributed by atoms with E-state index in [4.69, 9.17) is 10.5 Å². The third kappa shape index (κ3) is 2.82. The molecule has 0 spiro atoms. The van der Waals surface area contributed by atoms with Crippen molar-refractivity contribution in [2.75, 3.05) is 24.6 Å². The van der Waals surface area contributed by atoms with E-state index in [2.05, 4.69) is 0 Å². The molecule has 0 atom stereocenters. The van der Waals surface area contributed by atoms with Gasteiger partial charge in [-0.1, -0.05) is 0 Å². The van der Waals surface area contributed by atoms with Gasteiger partial charge in [-0.2, -0.15) is 0 Å². The van der Waals surface area contributed by atoms with Gasteiger partial charge in [-0.25, -0.2) is 0 Å². The van der Waals surface area contributed by atoms with Gasteiger partial charge in [0.25, 0.3) is 11.6 Å². The predicted molar refractivity (Wildman–Crippen MR) is 69.2 cm³/mol. The number of nitro groups is 1. The molecular weight excluding hydrogens is 250 g/mol. The minimum atomic E-state index is -0.489. The molecule has 1 aliphatic rings. The van der Waals surface area contributed by atoms with E-state index in [-0.39, 0.29) is 18.2 Å². The lowest BCUT2D eigenvalue weighted by Crippen LogP contribution is -2.39. The van der Waals surface area contributed by atoms with E-state index in [1.165, 1.54) is 23.1 Å². The maximum atomic E-state index is 11.8. The van der Waals surface area contributed by atoms with Crippen LogP contribution >= 0.6 is 0 Å². The fraction of sp³-hybridized carbons (Fsp3) is 0.417. The van der Waals surface area contributed by atoms with E-state index in [0.717, 1.165) is 12.8 Å². The Kier molecular flexibility index (Phi) is 3.96. The molecule has 7 heteroatoms. The van der Waals surface area contributed by atoms with Crippen molar-refractivity contribution in [2.45, 2.75) is 12.8 Å². The van der Waals surface area contributed by atoms with Crippen molar-refractivity contribution < 1.29 is 14.5 Å². The van der Waals surface area contributed by atoms with Crippen molar-refractivity contribution >= 4 is 17.3 Å². The number of hydrogen-bond acceptors (Lipinski definition) is 5. The van der Waals surface area contributed by atoms with E-state index in [9.17, 15) is 14.9 Å². The van der Waals surface area contributed by atoms with Crippen LogP contribution in [0.2, 0.25) is 0 Å². The van der Waals surface area contributed by atoms with Crippen LogP contribution in [0.5, 0.6) is 5.75 Å². The molecule has 0 aromatic heterocycles. The number of carbonyl (C=O) groups is 1. The standard InChI is InChI=1S/C12H15N3O4/c13-5-1-2-6-14-10-7-9(15(17)18)3-4-11(10)19-8-12(14)16/h3-4,7H,1-2,5-6,8,13H2. The lowest BCUT2D eigenvalue weighted by molar-refractivity contribution is -0.384. The fourth-order valence-corrected chi connectivity index (χ4v) is 1.96. The third-order valence-electron chi connectivity index (χ3n) is 2.93. The Bertz CT molecular complexity index is 504. The smallest absolute Gasteiger partial charge is 0.271 e. The lowest BCUT2D eigenvalue weighted by atomic mass is 10.2. The van der Waals surface area contributed by atoms with E-state index in [1.54, 1.807) is 0 Å². The number of nitrogens with two attached hydrogens (primary N) is 1. The van der Waals surface area contributed by atoms with Gasteiger partial charge in [0.05, 0.1) is 10.6 Å². The van der Waals surface area contributed by atoms with Crippen LogP contribution in [0.1, 0.15) is 12.8 Å². The first-order chi connectivity index (χ1) is 9.13.